The summed E-state index contributed by atoms with van der Waals surface area (Å²) in [7, 11) is 0. The topological polar surface area (TPSA) is 40.5 Å². The zero-order valence-electron chi connectivity index (χ0n) is 10.7. The fourth-order valence-corrected chi connectivity index (χ4v) is 3.11. The van der Waals surface area contributed by atoms with Crippen molar-refractivity contribution in [1.82, 2.24) is 4.90 Å². The van der Waals surface area contributed by atoms with Crippen LogP contribution in [0.15, 0.2) is 0 Å². The highest BCUT2D eigenvalue weighted by atomic mass is 16.3. The minimum atomic E-state index is -0.183. The molecule has 1 aliphatic heterocycles. The molecule has 3 heteroatoms. The molecule has 0 spiro atoms. The number of carbonyl (C=O) groups excluding carboxylic acids is 1. The third-order valence-corrected chi connectivity index (χ3v) is 4.29. The van der Waals surface area contributed by atoms with Crippen LogP contribution in [0.4, 0.5) is 0 Å². The number of hydrogen-bond donors (Lipinski definition) is 1. The summed E-state index contributed by atoms with van der Waals surface area (Å²) < 4.78 is 0. The molecule has 0 atom stereocenters. The number of piperidine rings is 1. The molecule has 1 N–H and O–H groups in total. The number of aliphatic hydroxyl groups is 1. The van der Waals surface area contributed by atoms with Crippen LogP contribution in [-0.2, 0) is 4.79 Å². The standard InChI is InChI=1S/C14H25NO2/c16-13-8-10-15(11-9-13)14(17)7-3-6-12-4-1-2-5-12/h12-13,16H,1-11H2. The Hall–Kier alpha value is -0.570. The molecule has 0 bridgehead atoms. The van der Waals surface area contributed by atoms with E-state index in [2.05, 4.69) is 0 Å². The molecule has 0 unspecified atom stereocenters. The average molecular weight is 239 g/mol. The Labute approximate surface area is 104 Å². The normalized spacial score (nSPS) is 23.2. The molecule has 1 aliphatic carbocycles. The van der Waals surface area contributed by atoms with Crippen LogP contribution in [0.25, 0.3) is 0 Å². The first-order chi connectivity index (χ1) is 8.25. The summed E-state index contributed by atoms with van der Waals surface area (Å²) in [4.78, 5) is 13.9. The van der Waals surface area contributed by atoms with E-state index in [1.807, 2.05) is 4.90 Å². The Kier molecular flexibility index (Phi) is 4.84. The van der Waals surface area contributed by atoms with Gasteiger partial charge in [0.05, 0.1) is 6.10 Å². The van der Waals surface area contributed by atoms with E-state index in [1.165, 1.54) is 32.1 Å². The molecular formula is C14H25NO2. The molecule has 1 saturated heterocycles. The molecule has 2 aliphatic rings. The molecule has 0 aromatic carbocycles. The zero-order valence-corrected chi connectivity index (χ0v) is 10.7. The molecule has 98 valence electrons. The summed E-state index contributed by atoms with van der Waals surface area (Å²) in [6.07, 6.45) is 9.89. The number of amides is 1. The summed E-state index contributed by atoms with van der Waals surface area (Å²) in [6.45, 7) is 1.51. The second-order valence-corrected chi connectivity index (χ2v) is 5.65. The fourth-order valence-electron chi connectivity index (χ4n) is 3.11. The summed E-state index contributed by atoms with van der Waals surface area (Å²) in [5.41, 5.74) is 0. The van der Waals surface area contributed by atoms with Crippen LogP contribution in [0.5, 0.6) is 0 Å². The van der Waals surface area contributed by atoms with Crippen molar-refractivity contribution in [2.75, 3.05) is 13.1 Å². The largest absolute Gasteiger partial charge is 0.393 e. The number of hydrogen-bond acceptors (Lipinski definition) is 2. The van der Waals surface area contributed by atoms with E-state index in [1.54, 1.807) is 0 Å². The number of rotatable bonds is 4. The highest BCUT2D eigenvalue weighted by Gasteiger charge is 2.21. The summed E-state index contributed by atoms with van der Waals surface area (Å²) in [5.74, 6) is 1.20. The minimum absolute atomic E-state index is 0.183. The smallest absolute Gasteiger partial charge is 0.222 e. The van der Waals surface area contributed by atoms with Crippen molar-refractivity contribution in [3.05, 3.63) is 0 Å². The van der Waals surface area contributed by atoms with Gasteiger partial charge in [-0.05, 0) is 31.6 Å². The molecule has 2 rings (SSSR count). The summed E-state index contributed by atoms with van der Waals surface area (Å²) in [6, 6.07) is 0. The van der Waals surface area contributed by atoms with Gasteiger partial charge in [-0.25, -0.2) is 0 Å². The SMILES string of the molecule is O=C(CCCC1CCCC1)N1CCC(O)CC1. The van der Waals surface area contributed by atoms with Crippen LogP contribution >= 0.6 is 0 Å². The molecule has 2 fully saturated rings. The van der Waals surface area contributed by atoms with Gasteiger partial charge < -0.3 is 10.0 Å². The fraction of sp³-hybridized carbons (Fsp3) is 0.929. The van der Waals surface area contributed by atoms with Gasteiger partial charge in [-0.1, -0.05) is 25.7 Å². The molecule has 1 saturated carbocycles. The van der Waals surface area contributed by atoms with Gasteiger partial charge in [0, 0.05) is 19.5 Å². The molecule has 1 heterocycles. The molecular weight excluding hydrogens is 214 g/mol. The van der Waals surface area contributed by atoms with Gasteiger partial charge in [-0.3, -0.25) is 4.79 Å². The maximum Gasteiger partial charge on any atom is 0.222 e. The summed E-state index contributed by atoms with van der Waals surface area (Å²) >= 11 is 0. The van der Waals surface area contributed by atoms with Crippen LogP contribution in [0.3, 0.4) is 0 Å². The predicted octanol–water partition coefficient (Wildman–Crippen LogP) is 2.33. The first-order valence-electron chi connectivity index (χ1n) is 7.21. The van der Waals surface area contributed by atoms with Crippen molar-refractivity contribution in [2.24, 2.45) is 5.92 Å². The summed E-state index contributed by atoms with van der Waals surface area (Å²) in [5, 5.41) is 9.39. The predicted molar refractivity (Wildman–Crippen MR) is 67.6 cm³/mol. The van der Waals surface area contributed by atoms with Gasteiger partial charge in [-0.2, -0.15) is 0 Å². The van der Waals surface area contributed by atoms with Gasteiger partial charge in [0.2, 0.25) is 5.91 Å². The Bertz CT molecular complexity index is 241. The average Bonchev–Trinajstić information content (AvgIpc) is 2.83. The van der Waals surface area contributed by atoms with Crippen molar-refractivity contribution in [1.29, 1.82) is 0 Å². The Morgan fingerprint density at radius 3 is 2.41 bits per heavy atom. The van der Waals surface area contributed by atoms with Crippen molar-refractivity contribution in [3.63, 3.8) is 0 Å². The van der Waals surface area contributed by atoms with Crippen molar-refractivity contribution in [3.8, 4) is 0 Å². The lowest BCUT2D eigenvalue weighted by molar-refractivity contribution is -0.133. The van der Waals surface area contributed by atoms with Gasteiger partial charge in [0.15, 0.2) is 0 Å². The van der Waals surface area contributed by atoms with Crippen LogP contribution in [0, 0.1) is 5.92 Å². The van der Waals surface area contributed by atoms with Gasteiger partial charge in [-0.15, -0.1) is 0 Å². The molecule has 0 aromatic heterocycles. The molecule has 17 heavy (non-hydrogen) atoms. The first kappa shape index (κ1) is 12.9. The zero-order chi connectivity index (χ0) is 12.1. The Morgan fingerprint density at radius 1 is 1.12 bits per heavy atom. The second kappa shape index (κ2) is 6.39. The second-order valence-electron chi connectivity index (χ2n) is 5.65. The lowest BCUT2D eigenvalue weighted by atomic mass is 10.00. The maximum atomic E-state index is 11.9. The van der Waals surface area contributed by atoms with Crippen LogP contribution in [-0.4, -0.2) is 35.1 Å². The molecule has 1 amide bonds. The van der Waals surface area contributed by atoms with Gasteiger partial charge >= 0.3 is 0 Å². The molecule has 3 nitrogen and oxygen atoms in total. The van der Waals surface area contributed by atoms with E-state index >= 15 is 0 Å². The number of nitrogens with zero attached hydrogens (tertiary/aromatic N) is 1. The van der Waals surface area contributed by atoms with E-state index in [9.17, 15) is 9.90 Å². The van der Waals surface area contributed by atoms with E-state index in [0.29, 0.717) is 12.3 Å². The van der Waals surface area contributed by atoms with Crippen molar-refractivity contribution >= 4 is 5.91 Å². The Balaban J connectivity index is 1.60. The van der Waals surface area contributed by atoms with Crippen LogP contribution < -0.4 is 0 Å². The minimum Gasteiger partial charge on any atom is -0.393 e. The highest BCUT2D eigenvalue weighted by molar-refractivity contribution is 5.76. The van der Waals surface area contributed by atoms with Crippen LogP contribution in [0.1, 0.15) is 57.8 Å². The highest BCUT2D eigenvalue weighted by Crippen LogP contribution is 2.29. The van der Waals surface area contributed by atoms with E-state index in [4.69, 9.17) is 0 Å². The van der Waals surface area contributed by atoms with E-state index in [-0.39, 0.29) is 6.10 Å². The third-order valence-electron chi connectivity index (χ3n) is 4.29. The van der Waals surface area contributed by atoms with Crippen molar-refractivity contribution in [2.45, 2.75) is 63.9 Å². The quantitative estimate of drug-likeness (QED) is 0.818. The van der Waals surface area contributed by atoms with Crippen LogP contribution in [0.2, 0.25) is 0 Å². The number of carbonyl (C=O) groups is 1. The van der Waals surface area contributed by atoms with Gasteiger partial charge in [0.1, 0.15) is 0 Å². The van der Waals surface area contributed by atoms with Gasteiger partial charge in [0.25, 0.3) is 0 Å². The lowest BCUT2D eigenvalue weighted by Gasteiger charge is -2.29. The first-order valence-corrected chi connectivity index (χ1v) is 7.21. The van der Waals surface area contributed by atoms with E-state index < -0.39 is 0 Å². The number of aliphatic hydroxyl groups excluding tert-OH is 1. The third kappa shape index (κ3) is 3.98. The Morgan fingerprint density at radius 2 is 1.76 bits per heavy atom. The maximum absolute atomic E-state index is 11.9. The lowest BCUT2D eigenvalue weighted by Crippen LogP contribution is -2.39. The molecule has 0 aromatic rings. The van der Waals surface area contributed by atoms with Crippen molar-refractivity contribution < 1.29 is 9.90 Å². The van der Waals surface area contributed by atoms with E-state index in [0.717, 1.165) is 38.3 Å². The monoisotopic (exact) mass is 239 g/mol. The molecule has 0 radical (unpaired) electrons. The number of likely N-dealkylation sites (tertiary alicyclic amines) is 1.